The van der Waals surface area contributed by atoms with Gasteiger partial charge in [-0.15, -0.1) is 0 Å². The maximum atomic E-state index is 11.8. The maximum Gasteiger partial charge on any atom is 0.245 e. The molecule has 1 aliphatic heterocycles. The maximum absolute atomic E-state index is 11.8. The lowest BCUT2D eigenvalue weighted by atomic mass is 10.1. The molecular weight excluding hydrogens is 392 g/mol. The Morgan fingerprint density at radius 2 is 2.00 bits per heavy atom. The van der Waals surface area contributed by atoms with Crippen LogP contribution in [0, 0.1) is 6.92 Å². The van der Waals surface area contributed by atoms with Crippen LogP contribution in [0.2, 0.25) is 0 Å². The van der Waals surface area contributed by atoms with Crippen molar-refractivity contribution in [3.05, 3.63) is 60.9 Å². The van der Waals surface area contributed by atoms with Gasteiger partial charge in [0.05, 0.1) is 12.6 Å². The molecule has 31 heavy (non-hydrogen) atoms. The van der Waals surface area contributed by atoms with E-state index in [-0.39, 0.29) is 12.0 Å². The number of amides is 1. The summed E-state index contributed by atoms with van der Waals surface area (Å²) in [5.41, 5.74) is 2.88. The van der Waals surface area contributed by atoms with Gasteiger partial charge in [-0.05, 0) is 36.8 Å². The van der Waals surface area contributed by atoms with Gasteiger partial charge in [0.15, 0.2) is 11.5 Å². The van der Waals surface area contributed by atoms with E-state index in [1.54, 1.807) is 12.0 Å². The molecule has 160 valence electrons. The normalized spacial score (nSPS) is 14.3. The molecule has 0 saturated carbocycles. The number of piperidine rings is 1. The van der Waals surface area contributed by atoms with Crippen LogP contribution in [0.4, 0.5) is 11.5 Å². The van der Waals surface area contributed by atoms with Gasteiger partial charge in [0.25, 0.3) is 0 Å². The number of aromatic nitrogens is 2. The molecule has 7 heteroatoms. The van der Waals surface area contributed by atoms with Gasteiger partial charge >= 0.3 is 0 Å². The van der Waals surface area contributed by atoms with E-state index < -0.39 is 0 Å². The fourth-order valence-corrected chi connectivity index (χ4v) is 3.78. The van der Waals surface area contributed by atoms with E-state index in [0.717, 1.165) is 35.0 Å². The Hall–Kier alpha value is -3.61. The molecule has 2 heterocycles. The second kappa shape index (κ2) is 9.04. The van der Waals surface area contributed by atoms with Crippen molar-refractivity contribution in [2.45, 2.75) is 25.9 Å². The van der Waals surface area contributed by atoms with Gasteiger partial charge in [0, 0.05) is 43.1 Å². The average molecular weight is 418 g/mol. The molecule has 0 bridgehead atoms. The van der Waals surface area contributed by atoms with Crippen LogP contribution in [-0.2, 0) is 4.79 Å². The van der Waals surface area contributed by atoms with Gasteiger partial charge in [0.1, 0.15) is 18.2 Å². The number of anilines is 2. The molecule has 0 unspecified atom stereocenters. The SMILES string of the molecule is C=CC(=O)N1CCC(Oc2cc3c(Nc4cccc(C)c4)ncnc3cc2OC)CC1. The zero-order valence-corrected chi connectivity index (χ0v) is 17.8. The predicted molar refractivity (Wildman–Crippen MR) is 121 cm³/mol. The summed E-state index contributed by atoms with van der Waals surface area (Å²) >= 11 is 0. The molecule has 0 radical (unpaired) electrons. The van der Waals surface area contributed by atoms with Crippen LogP contribution >= 0.6 is 0 Å². The van der Waals surface area contributed by atoms with Crippen molar-refractivity contribution >= 4 is 28.3 Å². The van der Waals surface area contributed by atoms with Crippen LogP contribution in [0.1, 0.15) is 18.4 Å². The first-order chi connectivity index (χ1) is 15.1. The molecule has 1 fully saturated rings. The van der Waals surface area contributed by atoms with Crippen molar-refractivity contribution in [2.75, 3.05) is 25.5 Å². The van der Waals surface area contributed by atoms with Crippen LogP contribution in [0.3, 0.4) is 0 Å². The summed E-state index contributed by atoms with van der Waals surface area (Å²) in [7, 11) is 1.62. The number of carbonyl (C=O) groups is 1. The lowest BCUT2D eigenvalue weighted by Crippen LogP contribution is -2.41. The minimum Gasteiger partial charge on any atom is -0.493 e. The molecule has 1 N–H and O–H groups in total. The summed E-state index contributed by atoms with van der Waals surface area (Å²) in [6, 6.07) is 11.9. The van der Waals surface area contributed by atoms with E-state index in [2.05, 4.69) is 27.9 Å². The fourth-order valence-electron chi connectivity index (χ4n) is 3.78. The Balaban J connectivity index is 1.60. The number of carbonyl (C=O) groups excluding carboxylic acids is 1. The third-order valence-electron chi connectivity index (χ3n) is 5.42. The van der Waals surface area contributed by atoms with Gasteiger partial charge in [-0.1, -0.05) is 18.7 Å². The lowest BCUT2D eigenvalue weighted by Gasteiger charge is -2.31. The van der Waals surface area contributed by atoms with Crippen LogP contribution in [-0.4, -0.2) is 47.1 Å². The number of methoxy groups -OCH3 is 1. The molecule has 0 spiro atoms. The number of likely N-dealkylation sites (tertiary alicyclic amines) is 1. The fraction of sp³-hybridized carbons (Fsp3) is 0.292. The van der Waals surface area contributed by atoms with Crippen molar-refractivity contribution < 1.29 is 14.3 Å². The Morgan fingerprint density at radius 1 is 1.19 bits per heavy atom. The predicted octanol–water partition coefficient (Wildman–Crippen LogP) is 4.25. The standard InChI is InChI=1S/C24H26N4O3/c1-4-23(29)28-10-8-18(9-11-28)31-22-13-19-20(14-21(22)30-3)25-15-26-24(19)27-17-7-5-6-16(2)12-17/h4-7,12-15,18H,1,8-11H2,2-3H3,(H,25,26,27). The van der Waals surface area contributed by atoms with Gasteiger partial charge in [-0.2, -0.15) is 0 Å². The molecule has 1 amide bonds. The van der Waals surface area contributed by atoms with Crippen molar-refractivity contribution in [2.24, 2.45) is 0 Å². The minimum absolute atomic E-state index is 0.00183. The first kappa shape index (κ1) is 20.7. The highest BCUT2D eigenvalue weighted by molar-refractivity contribution is 5.93. The number of ether oxygens (including phenoxy) is 2. The summed E-state index contributed by atoms with van der Waals surface area (Å²) in [6.07, 6.45) is 4.39. The van der Waals surface area contributed by atoms with E-state index >= 15 is 0 Å². The highest BCUT2D eigenvalue weighted by atomic mass is 16.5. The Kier molecular flexibility index (Phi) is 6.02. The van der Waals surface area contributed by atoms with E-state index in [1.165, 1.54) is 12.4 Å². The summed E-state index contributed by atoms with van der Waals surface area (Å²) in [6.45, 7) is 6.90. The summed E-state index contributed by atoms with van der Waals surface area (Å²) < 4.78 is 11.9. The highest BCUT2D eigenvalue weighted by Gasteiger charge is 2.24. The molecule has 1 aliphatic rings. The quantitative estimate of drug-likeness (QED) is 0.603. The number of fused-ring (bicyclic) bond motifs is 1. The zero-order chi connectivity index (χ0) is 21.8. The smallest absolute Gasteiger partial charge is 0.245 e. The second-order valence-electron chi connectivity index (χ2n) is 7.58. The van der Waals surface area contributed by atoms with E-state index in [0.29, 0.717) is 30.4 Å². The van der Waals surface area contributed by atoms with E-state index in [1.807, 2.05) is 37.3 Å². The first-order valence-corrected chi connectivity index (χ1v) is 10.3. The van der Waals surface area contributed by atoms with Crippen LogP contribution in [0.5, 0.6) is 11.5 Å². The number of nitrogens with one attached hydrogen (secondary N) is 1. The Bertz CT molecular complexity index is 1110. The van der Waals surface area contributed by atoms with Gasteiger partial charge in [0.2, 0.25) is 5.91 Å². The number of aryl methyl sites for hydroxylation is 1. The number of hydrogen-bond donors (Lipinski definition) is 1. The second-order valence-corrected chi connectivity index (χ2v) is 7.58. The monoisotopic (exact) mass is 418 g/mol. The highest BCUT2D eigenvalue weighted by Crippen LogP contribution is 2.36. The molecule has 1 aromatic heterocycles. The topological polar surface area (TPSA) is 76.6 Å². The number of hydrogen-bond acceptors (Lipinski definition) is 6. The summed E-state index contributed by atoms with van der Waals surface area (Å²) in [5.74, 6) is 1.93. The first-order valence-electron chi connectivity index (χ1n) is 10.3. The number of rotatable bonds is 6. The van der Waals surface area contributed by atoms with Crippen molar-refractivity contribution in [1.29, 1.82) is 0 Å². The minimum atomic E-state index is -0.0363. The Labute approximate surface area is 181 Å². The molecule has 1 saturated heterocycles. The number of nitrogens with zero attached hydrogens (tertiary/aromatic N) is 3. The third-order valence-corrected chi connectivity index (χ3v) is 5.42. The Morgan fingerprint density at radius 3 is 2.71 bits per heavy atom. The molecule has 2 aromatic carbocycles. The van der Waals surface area contributed by atoms with Gasteiger partial charge in [-0.25, -0.2) is 9.97 Å². The van der Waals surface area contributed by atoms with Crippen LogP contribution < -0.4 is 14.8 Å². The molecule has 0 atom stereocenters. The van der Waals surface area contributed by atoms with E-state index in [9.17, 15) is 4.79 Å². The van der Waals surface area contributed by atoms with Crippen molar-refractivity contribution in [3.8, 4) is 11.5 Å². The lowest BCUT2D eigenvalue weighted by molar-refractivity contribution is -0.127. The van der Waals surface area contributed by atoms with Crippen LogP contribution in [0.15, 0.2) is 55.4 Å². The molecule has 3 aromatic rings. The number of benzene rings is 2. The zero-order valence-electron chi connectivity index (χ0n) is 17.8. The average Bonchev–Trinajstić information content (AvgIpc) is 2.79. The summed E-state index contributed by atoms with van der Waals surface area (Å²) in [4.78, 5) is 22.4. The largest absolute Gasteiger partial charge is 0.493 e. The van der Waals surface area contributed by atoms with Crippen molar-refractivity contribution in [3.63, 3.8) is 0 Å². The van der Waals surface area contributed by atoms with Gasteiger partial charge in [-0.3, -0.25) is 4.79 Å². The molecular formula is C24H26N4O3. The molecule has 0 aliphatic carbocycles. The van der Waals surface area contributed by atoms with Crippen molar-refractivity contribution in [1.82, 2.24) is 14.9 Å². The molecule has 7 nitrogen and oxygen atoms in total. The van der Waals surface area contributed by atoms with E-state index in [4.69, 9.17) is 9.47 Å². The molecule has 4 rings (SSSR count). The third kappa shape index (κ3) is 4.60. The summed E-state index contributed by atoms with van der Waals surface area (Å²) in [5, 5.41) is 4.23. The van der Waals surface area contributed by atoms with Gasteiger partial charge < -0.3 is 19.7 Å². The van der Waals surface area contributed by atoms with Crippen LogP contribution in [0.25, 0.3) is 10.9 Å².